The predicted octanol–water partition coefficient (Wildman–Crippen LogP) is 2.92. The number of nitrogens with zero attached hydrogens (tertiary/aromatic N) is 4. The lowest BCUT2D eigenvalue weighted by atomic mass is 10.3. The molecule has 1 saturated heterocycles. The number of rotatable bonds is 5. The number of benzene rings is 1. The molecule has 1 N–H and O–H groups in total. The zero-order chi connectivity index (χ0) is 18.8. The number of anilines is 1. The maximum atomic E-state index is 9.31. The van der Waals surface area contributed by atoms with Crippen molar-refractivity contribution in [2.24, 2.45) is 0 Å². The molecule has 1 aromatic carbocycles. The van der Waals surface area contributed by atoms with Gasteiger partial charge in [-0.2, -0.15) is 0 Å². The van der Waals surface area contributed by atoms with Gasteiger partial charge in [-0.1, -0.05) is 11.3 Å². The van der Waals surface area contributed by atoms with E-state index in [9.17, 15) is 5.11 Å². The Morgan fingerprint density at radius 1 is 1.26 bits per heavy atom. The van der Waals surface area contributed by atoms with Crippen LogP contribution in [0.15, 0.2) is 28.8 Å². The maximum Gasteiger partial charge on any atom is 0.220 e. The molecule has 0 radical (unpaired) electrons. The molecule has 1 fully saturated rings. The minimum Gasteiger partial charge on any atom is -0.465 e. The highest BCUT2D eigenvalue weighted by Gasteiger charge is 2.16. The van der Waals surface area contributed by atoms with Gasteiger partial charge in [0.05, 0.1) is 0 Å². The van der Waals surface area contributed by atoms with E-state index in [4.69, 9.17) is 9.15 Å². The maximum absolute atomic E-state index is 9.31. The Hall–Kier alpha value is -2.42. The van der Waals surface area contributed by atoms with Crippen molar-refractivity contribution >= 4 is 39.7 Å². The predicted molar refractivity (Wildman–Crippen MR) is 107 cm³/mol. The first-order valence-electron chi connectivity index (χ1n) is 8.89. The van der Waals surface area contributed by atoms with Gasteiger partial charge in [-0.3, -0.25) is 0 Å². The Labute approximate surface area is 161 Å². The van der Waals surface area contributed by atoms with Crippen LogP contribution in [0.5, 0.6) is 5.75 Å². The van der Waals surface area contributed by atoms with Gasteiger partial charge in [0, 0.05) is 49.4 Å². The minimum atomic E-state index is -0.870. The van der Waals surface area contributed by atoms with Crippen molar-refractivity contribution in [1.29, 1.82) is 0 Å². The molecule has 27 heavy (non-hydrogen) atoms. The summed E-state index contributed by atoms with van der Waals surface area (Å²) in [6.07, 6.45) is 4.82. The lowest BCUT2D eigenvalue weighted by Gasteiger charge is -2.32. The number of likely N-dealkylation sites (N-methyl/N-ethyl adjacent to an activating group) is 1. The second-order valence-corrected chi connectivity index (χ2v) is 7.61. The first kappa shape index (κ1) is 18.0. The smallest absolute Gasteiger partial charge is 0.220 e. The molecule has 3 heterocycles. The third-order valence-corrected chi connectivity index (χ3v) is 5.38. The quantitative estimate of drug-likeness (QED) is 0.676. The molecule has 3 aromatic rings. The first-order chi connectivity index (χ1) is 13.1. The van der Waals surface area contributed by atoms with Crippen molar-refractivity contribution in [3.05, 3.63) is 35.2 Å². The number of piperazine rings is 1. The molecule has 7 nitrogen and oxygen atoms in total. The summed E-state index contributed by atoms with van der Waals surface area (Å²) in [5.74, 6) is 1.07. The summed E-state index contributed by atoms with van der Waals surface area (Å²) in [5, 5.41) is 10.4. The normalized spacial score (nSPS) is 17.1. The van der Waals surface area contributed by atoms with Gasteiger partial charge in [0.1, 0.15) is 11.3 Å². The number of hydrogen-bond acceptors (Lipinski definition) is 8. The van der Waals surface area contributed by atoms with E-state index in [2.05, 4.69) is 26.8 Å². The van der Waals surface area contributed by atoms with Crippen molar-refractivity contribution in [1.82, 2.24) is 14.9 Å². The van der Waals surface area contributed by atoms with Crippen LogP contribution in [0.3, 0.4) is 0 Å². The van der Waals surface area contributed by atoms with Gasteiger partial charge < -0.3 is 24.1 Å². The van der Waals surface area contributed by atoms with E-state index in [1.54, 1.807) is 30.4 Å². The van der Waals surface area contributed by atoms with Gasteiger partial charge >= 0.3 is 0 Å². The van der Waals surface area contributed by atoms with E-state index in [1.165, 1.54) is 0 Å². The van der Waals surface area contributed by atoms with Crippen molar-refractivity contribution in [3.8, 4) is 5.75 Å². The van der Waals surface area contributed by atoms with Crippen LogP contribution >= 0.6 is 11.3 Å². The average Bonchev–Trinajstić information content (AvgIpc) is 3.26. The molecule has 0 saturated carbocycles. The Morgan fingerprint density at radius 3 is 2.85 bits per heavy atom. The van der Waals surface area contributed by atoms with Gasteiger partial charge in [-0.05, 0) is 32.2 Å². The molecule has 4 rings (SSSR count). The number of ether oxygens (including phenoxy) is 1. The van der Waals surface area contributed by atoms with Crippen molar-refractivity contribution in [2.75, 3.05) is 38.1 Å². The van der Waals surface area contributed by atoms with E-state index in [1.807, 2.05) is 24.4 Å². The molecule has 0 aliphatic carbocycles. The summed E-state index contributed by atoms with van der Waals surface area (Å²) in [4.78, 5) is 14.7. The fourth-order valence-electron chi connectivity index (χ4n) is 2.92. The Bertz CT molecular complexity index is 941. The van der Waals surface area contributed by atoms with E-state index in [0.717, 1.165) is 41.7 Å². The molecule has 0 bridgehead atoms. The Morgan fingerprint density at radius 2 is 2.07 bits per heavy atom. The SMILES string of the molecule is CC(O)Oc1ccc2nc(C=Cc3cnc(N4CCN(C)CC4)s3)oc2c1. The summed E-state index contributed by atoms with van der Waals surface area (Å²) in [6, 6.07) is 5.30. The third-order valence-electron chi connectivity index (χ3n) is 4.36. The van der Waals surface area contributed by atoms with Crippen LogP contribution in [0.4, 0.5) is 5.13 Å². The second kappa shape index (κ2) is 7.67. The third kappa shape index (κ3) is 4.29. The topological polar surface area (TPSA) is 74.9 Å². The zero-order valence-corrected chi connectivity index (χ0v) is 16.1. The number of aromatic nitrogens is 2. The summed E-state index contributed by atoms with van der Waals surface area (Å²) in [5.41, 5.74) is 1.37. The van der Waals surface area contributed by atoms with Gasteiger partial charge in [0.25, 0.3) is 0 Å². The Balaban J connectivity index is 1.46. The molecule has 0 amide bonds. The summed E-state index contributed by atoms with van der Waals surface area (Å²) >= 11 is 1.67. The zero-order valence-electron chi connectivity index (χ0n) is 15.3. The van der Waals surface area contributed by atoms with Crippen LogP contribution < -0.4 is 9.64 Å². The lowest BCUT2D eigenvalue weighted by Crippen LogP contribution is -2.44. The highest BCUT2D eigenvalue weighted by molar-refractivity contribution is 7.16. The van der Waals surface area contributed by atoms with Gasteiger partial charge in [-0.15, -0.1) is 0 Å². The molecule has 1 aliphatic rings. The van der Waals surface area contributed by atoms with Crippen LogP contribution in [0.25, 0.3) is 23.3 Å². The fraction of sp³-hybridized carbons (Fsp3) is 0.368. The molecule has 0 spiro atoms. The van der Waals surface area contributed by atoms with E-state index < -0.39 is 6.29 Å². The van der Waals surface area contributed by atoms with Gasteiger partial charge in [0.15, 0.2) is 17.0 Å². The van der Waals surface area contributed by atoms with E-state index in [0.29, 0.717) is 17.2 Å². The number of oxazole rings is 1. The molecule has 2 aromatic heterocycles. The van der Waals surface area contributed by atoms with Crippen LogP contribution in [0.1, 0.15) is 17.7 Å². The van der Waals surface area contributed by atoms with Crippen molar-refractivity contribution in [2.45, 2.75) is 13.2 Å². The molecular formula is C19H22N4O3S. The van der Waals surface area contributed by atoms with E-state index in [-0.39, 0.29) is 0 Å². The largest absolute Gasteiger partial charge is 0.465 e. The van der Waals surface area contributed by atoms with E-state index >= 15 is 0 Å². The lowest BCUT2D eigenvalue weighted by molar-refractivity contribution is -0.000226. The molecule has 1 aliphatic heterocycles. The molecule has 8 heteroatoms. The van der Waals surface area contributed by atoms with Crippen LogP contribution in [-0.2, 0) is 0 Å². The minimum absolute atomic E-state index is 0.522. The monoisotopic (exact) mass is 386 g/mol. The standard InChI is InChI=1S/C19H22N4O3S/c1-13(24)25-14-3-5-16-17(11-14)26-18(21-16)6-4-15-12-20-19(27-15)23-9-7-22(2)8-10-23/h3-6,11-13,24H,7-10H2,1-2H3. The van der Waals surface area contributed by atoms with Gasteiger partial charge in [0.2, 0.25) is 5.89 Å². The van der Waals surface area contributed by atoms with Crippen molar-refractivity contribution < 1.29 is 14.3 Å². The van der Waals surface area contributed by atoms with Crippen molar-refractivity contribution in [3.63, 3.8) is 0 Å². The highest BCUT2D eigenvalue weighted by atomic mass is 32.1. The Kier molecular flexibility index (Phi) is 5.11. The summed E-state index contributed by atoms with van der Waals surface area (Å²) in [7, 11) is 2.15. The number of fused-ring (bicyclic) bond motifs is 1. The molecular weight excluding hydrogens is 364 g/mol. The summed E-state index contributed by atoms with van der Waals surface area (Å²) < 4.78 is 11.0. The second-order valence-electron chi connectivity index (χ2n) is 6.57. The number of aliphatic hydroxyl groups is 1. The first-order valence-corrected chi connectivity index (χ1v) is 9.71. The van der Waals surface area contributed by atoms with Crippen LogP contribution in [0, 0.1) is 0 Å². The number of aliphatic hydroxyl groups excluding tert-OH is 1. The number of thiazole rings is 1. The highest BCUT2D eigenvalue weighted by Crippen LogP contribution is 2.26. The summed E-state index contributed by atoms with van der Waals surface area (Å²) in [6.45, 7) is 5.71. The molecule has 1 unspecified atom stereocenters. The average molecular weight is 386 g/mol. The fourth-order valence-corrected chi connectivity index (χ4v) is 3.79. The number of hydrogen-bond donors (Lipinski definition) is 1. The van der Waals surface area contributed by atoms with Crippen LogP contribution in [0.2, 0.25) is 0 Å². The molecule has 1 atom stereocenters. The van der Waals surface area contributed by atoms with Crippen LogP contribution in [-0.4, -0.2) is 59.5 Å². The van der Waals surface area contributed by atoms with Gasteiger partial charge in [-0.25, -0.2) is 9.97 Å². The molecule has 142 valence electrons.